The number of nitrogens with zero attached hydrogens (tertiary/aromatic N) is 2. The first-order valence-electron chi connectivity index (χ1n) is 7.02. The first-order chi connectivity index (χ1) is 11.6. The second kappa shape index (κ2) is 7.29. The fourth-order valence-corrected chi connectivity index (χ4v) is 2.29. The smallest absolute Gasteiger partial charge is 0.274 e. The summed E-state index contributed by atoms with van der Waals surface area (Å²) in [6.07, 6.45) is 1.32. The number of carbonyl (C=O) groups excluding carboxylic acids is 1. The van der Waals surface area contributed by atoms with Crippen molar-refractivity contribution in [2.24, 2.45) is 0 Å². The van der Waals surface area contributed by atoms with Gasteiger partial charge in [-0.25, -0.2) is 9.97 Å². The van der Waals surface area contributed by atoms with E-state index in [1.807, 2.05) is 18.2 Å². The highest BCUT2D eigenvalue weighted by molar-refractivity contribution is 6.42. The molecular weight excluding hydrogens is 347 g/mol. The molecule has 3 aromatic rings. The highest BCUT2D eigenvalue weighted by Crippen LogP contribution is 2.26. The molecule has 0 saturated heterocycles. The first kappa shape index (κ1) is 16.2. The molecule has 1 amide bonds. The third-order valence-corrected chi connectivity index (χ3v) is 3.86. The summed E-state index contributed by atoms with van der Waals surface area (Å²) in [5.41, 5.74) is 1.65. The second-order valence-corrected chi connectivity index (χ2v) is 5.68. The third-order valence-electron chi connectivity index (χ3n) is 3.12. The lowest BCUT2D eigenvalue weighted by atomic mass is 10.3. The SMILES string of the molecule is O=C(Nc1ccccc1)c1cc(Nc2ccc(Cl)c(Cl)c2)ncn1. The number of benzene rings is 2. The van der Waals surface area contributed by atoms with Gasteiger partial charge in [-0.15, -0.1) is 0 Å². The average Bonchev–Trinajstić information content (AvgIpc) is 2.59. The molecule has 0 bridgehead atoms. The minimum atomic E-state index is -0.319. The number of para-hydroxylation sites is 1. The van der Waals surface area contributed by atoms with Gasteiger partial charge in [0.2, 0.25) is 0 Å². The highest BCUT2D eigenvalue weighted by atomic mass is 35.5. The molecule has 0 unspecified atom stereocenters. The predicted octanol–water partition coefficient (Wildman–Crippen LogP) is 4.78. The third kappa shape index (κ3) is 4.01. The van der Waals surface area contributed by atoms with Gasteiger partial charge in [-0.3, -0.25) is 4.79 Å². The summed E-state index contributed by atoms with van der Waals surface area (Å²) in [6.45, 7) is 0. The fourth-order valence-electron chi connectivity index (χ4n) is 1.99. The van der Waals surface area contributed by atoms with Crippen LogP contribution in [0, 0.1) is 0 Å². The van der Waals surface area contributed by atoms with E-state index in [0.29, 0.717) is 27.2 Å². The zero-order valence-corrected chi connectivity index (χ0v) is 13.8. The number of amides is 1. The molecule has 0 saturated carbocycles. The van der Waals surface area contributed by atoms with Crippen LogP contribution in [0.1, 0.15) is 10.5 Å². The Labute approximate surface area is 148 Å². The Hall–Kier alpha value is -2.63. The van der Waals surface area contributed by atoms with Crippen molar-refractivity contribution in [1.82, 2.24) is 9.97 Å². The lowest BCUT2D eigenvalue weighted by Gasteiger charge is -2.08. The van der Waals surface area contributed by atoms with E-state index in [0.717, 1.165) is 0 Å². The number of nitrogens with one attached hydrogen (secondary N) is 2. The number of rotatable bonds is 4. The highest BCUT2D eigenvalue weighted by Gasteiger charge is 2.09. The maximum Gasteiger partial charge on any atom is 0.274 e. The molecule has 5 nitrogen and oxygen atoms in total. The van der Waals surface area contributed by atoms with Crippen LogP contribution in [0.2, 0.25) is 10.0 Å². The monoisotopic (exact) mass is 358 g/mol. The number of hydrogen-bond acceptors (Lipinski definition) is 4. The van der Waals surface area contributed by atoms with Crippen LogP contribution in [0.5, 0.6) is 0 Å². The molecule has 2 aromatic carbocycles. The van der Waals surface area contributed by atoms with Crippen molar-refractivity contribution >= 4 is 46.3 Å². The van der Waals surface area contributed by atoms with Gasteiger partial charge in [-0.1, -0.05) is 41.4 Å². The van der Waals surface area contributed by atoms with E-state index < -0.39 is 0 Å². The summed E-state index contributed by atoms with van der Waals surface area (Å²) in [5.74, 6) is 0.155. The summed E-state index contributed by atoms with van der Waals surface area (Å²) >= 11 is 11.9. The van der Waals surface area contributed by atoms with Crippen molar-refractivity contribution in [2.45, 2.75) is 0 Å². The Morgan fingerprint density at radius 1 is 0.875 bits per heavy atom. The molecule has 0 spiro atoms. The lowest BCUT2D eigenvalue weighted by molar-refractivity contribution is 0.102. The molecular formula is C17H12Cl2N4O. The van der Waals surface area contributed by atoms with E-state index >= 15 is 0 Å². The summed E-state index contributed by atoms with van der Waals surface area (Å²) in [4.78, 5) is 20.3. The molecule has 1 heterocycles. The Morgan fingerprint density at radius 3 is 2.42 bits per heavy atom. The average molecular weight is 359 g/mol. The first-order valence-corrected chi connectivity index (χ1v) is 7.78. The molecule has 0 fully saturated rings. The Kier molecular flexibility index (Phi) is 4.93. The predicted molar refractivity (Wildman–Crippen MR) is 96.2 cm³/mol. The molecule has 7 heteroatoms. The van der Waals surface area contributed by atoms with Gasteiger partial charge in [0.1, 0.15) is 17.8 Å². The van der Waals surface area contributed by atoms with Crippen molar-refractivity contribution in [3.8, 4) is 0 Å². The molecule has 1 aromatic heterocycles. The molecule has 0 radical (unpaired) electrons. The van der Waals surface area contributed by atoms with Crippen LogP contribution in [-0.2, 0) is 0 Å². The van der Waals surface area contributed by atoms with Crippen LogP contribution in [0.15, 0.2) is 60.9 Å². The molecule has 0 aliphatic rings. The molecule has 0 aliphatic heterocycles. The van der Waals surface area contributed by atoms with Crippen LogP contribution in [0.4, 0.5) is 17.2 Å². The summed E-state index contributed by atoms with van der Waals surface area (Å²) in [7, 11) is 0. The van der Waals surface area contributed by atoms with Crippen LogP contribution in [0.25, 0.3) is 0 Å². The summed E-state index contributed by atoms with van der Waals surface area (Å²) in [6, 6.07) is 15.8. The van der Waals surface area contributed by atoms with Crippen LogP contribution in [-0.4, -0.2) is 15.9 Å². The summed E-state index contributed by atoms with van der Waals surface area (Å²) < 4.78 is 0. The van der Waals surface area contributed by atoms with Gasteiger partial charge in [-0.05, 0) is 30.3 Å². The van der Waals surface area contributed by atoms with Crippen LogP contribution < -0.4 is 10.6 Å². The van der Waals surface area contributed by atoms with E-state index in [1.54, 1.807) is 36.4 Å². The van der Waals surface area contributed by atoms with Gasteiger partial charge in [-0.2, -0.15) is 0 Å². The Morgan fingerprint density at radius 2 is 1.67 bits per heavy atom. The zero-order valence-electron chi connectivity index (χ0n) is 12.3. The molecule has 3 rings (SSSR count). The fraction of sp³-hybridized carbons (Fsp3) is 0. The van der Waals surface area contributed by atoms with Crippen molar-refractivity contribution in [1.29, 1.82) is 0 Å². The number of anilines is 3. The molecule has 0 aliphatic carbocycles. The largest absolute Gasteiger partial charge is 0.340 e. The zero-order chi connectivity index (χ0) is 16.9. The summed E-state index contributed by atoms with van der Waals surface area (Å²) in [5, 5.41) is 6.72. The minimum absolute atomic E-state index is 0.247. The molecule has 0 atom stereocenters. The lowest BCUT2D eigenvalue weighted by Crippen LogP contribution is -2.14. The van der Waals surface area contributed by atoms with Gasteiger partial charge < -0.3 is 10.6 Å². The van der Waals surface area contributed by atoms with Crippen LogP contribution >= 0.6 is 23.2 Å². The maximum atomic E-state index is 12.2. The van der Waals surface area contributed by atoms with Crippen molar-refractivity contribution < 1.29 is 4.79 Å². The number of carbonyl (C=O) groups is 1. The van der Waals surface area contributed by atoms with Gasteiger partial charge in [0.25, 0.3) is 5.91 Å². The molecule has 2 N–H and O–H groups in total. The maximum absolute atomic E-state index is 12.2. The van der Waals surface area contributed by atoms with E-state index in [9.17, 15) is 4.79 Å². The van der Waals surface area contributed by atoms with Crippen LogP contribution in [0.3, 0.4) is 0 Å². The van der Waals surface area contributed by atoms with Gasteiger partial charge >= 0.3 is 0 Å². The van der Waals surface area contributed by atoms with Crippen molar-refractivity contribution in [3.05, 3.63) is 76.7 Å². The number of hydrogen-bond donors (Lipinski definition) is 2. The Balaban J connectivity index is 1.76. The second-order valence-electron chi connectivity index (χ2n) is 4.86. The standard InChI is InChI=1S/C17H12Cl2N4O/c18-13-7-6-12(8-14(13)19)22-16-9-15(20-10-21-16)17(24)23-11-4-2-1-3-5-11/h1-10H,(H,23,24)(H,20,21,22). The normalized spacial score (nSPS) is 10.2. The topological polar surface area (TPSA) is 66.9 Å². The van der Waals surface area contributed by atoms with Gasteiger partial charge in [0, 0.05) is 17.4 Å². The quantitative estimate of drug-likeness (QED) is 0.704. The minimum Gasteiger partial charge on any atom is -0.340 e. The Bertz CT molecular complexity index is 871. The number of aromatic nitrogens is 2. The van der Waals surface area contributed by atoms with E-state index in [-0.39, 0.29) is 11.6 Å². The van der Waals surface area contributed by atoms with E-state index in [1.165, 1.54) is 6.33 Å². The van der Waals surface area contributed by atoms with E-state index in [4.69, 9.17) is 23.2 Å². The van der Waals surface area contributed by atoms with Crippen molar-refractivity contribution in [3.63, 3.8) is 0 Å². The van der Waals surface area contributed by atoms with Crippen molar-refractivity contribution in [2.75, 3.05) is 10.6 Å². The number of halogens is 2. The van der Waals surface area contributed by atoms with Gasteiger partial charge in [0.15, 0.2) is 0 Å². The van der Waals surface area contributed by atoms with E-state index in [2.05, 4.69) is 20.6 Å². The molecule has 120 valence electrons. The van der Waals surface area contributed by atoms with Gasteiger partial charge in [0.05, 0.1) is 10.0 Å². The molecule has 24 heavy (non-hydrogen) atoms.